The highest BCUT2D eigenvalue weighted by molar-refractivity contribution is 9.11. The second-order valence-corrected chi connectivity index (χ2v) is 7.83. The summed E-state index contributed by atoms with van der Waals surface area (Å²) in [4.78, 5) is 0.241. The van der Waals surface area contributed by atoms with E-state index in [1.807, 2.05) is 0 Å². The monoisotopic (exact) mass is 396 g/mol. The summed E-state index contributed by atoms with van der Waals surface area (Å²) in [5.74, 6) is 0.388. The fourth-order valence-electron chi connectivity index (χ4n) is 1.79. The predicted octanol–water partition coefficient (Wildman–Crippen LogP) is 2.23. The summed E-state index contributed by atoms with van der Waals surface area (Å²) in [5.41, 5.74) is 5.61. The molecular weight excluding hydrogens is 384 g/mol. The van der Waals surface area contributed by atoms with Gasteiger partial charge >= 0.3 is 0 Å². The van der Waals surface area contributed by atoms with Gasteiger partial charge in [-0.05, 0) is 52.9 Å². The number of halogens is 2. The van der Waals surface area contributed by atoms with Gasteiger partial charge in [0, 0.05) is 21.5 Å². The smallest absolute Gasteiger partial charge is 0.241 e. The zero-order valence-corrected chi connectivity index (χ0v) is 13.6. The lowest BCUT2D eigenvalue weighted by Gasteiger charge is -2.17. The van der Waals surface area contributed by atoms with Crippen molar-refractivity contribution in [2.24, 2.45) is 11.7 Å². The molecule has 2 rings (SSSR count). The summed E-state index contributed by atoms with van der Waals surface area (Å²) in [5, 5.41) is 0. The zero-order chi connectivity index (χ0) is 13.3. The van der Waals surface area contributed by atoms with Crippen LogP contribution in [0.5, 0.6) is 0 Å². The molecule has 0 spiro atoms. The first-order valence-electron chi connectivity index (χ1n) is 5.61. The van der Waals surface area contributed by atoms with Gasteiger partial charge < -0.3 is 5.73 Å². The fraction of sp³-hybridized carbons (Fsp3) is 0.455. The van der Waals surface area contributed by atoms with Gasteiger partial charge in [0.1, 0.15) is 0 Å². The Balaban J connectivity index is 2.24. The molecule has 0 amide bonds. The van der Waals surface area contributed by atoms with Crippen molar-refractivity contribution in [2.45, 2.75) is 23.8 Å². The van der Waals surface area contributed by atoms with E-state index in [4.69, 9.17) is 5.73 Å². The zero-order valence-electron chi connectivity index (χ0n) is 9.57. The second-order valence-electron chi connectivity index (χ2n) is 4.38. The SMILES string of the molecule is NCC(NS(=O)(=O)c1ccc(Br)cc1Br)C1CC1. The van der Waals surface area contributed by atoms with Crippen LogP contribution in [0.25, 0.3) is 0 Å². The lowest BCUT2D eigenvalue weighted by molar-refractivity contribution is 0.519. The Hall–Kier alpha value is 0.0500. The number of rotatable bonds is 5. The third-order valence-electron chi connectivity index (χ3n) is 2.93. The second kappa shape index (κ2) is 5.58. The van der Waals surface area contributed by atoms with Crippen LogP contribution < -0.4 is 10.5 Å². The van der Waals surface area contributed by atoms with E-state index in [1.165, 1.54) is 0 Å². The Morgan fingerprint density at radius 1 is 1.39 bits per heavy atom. The number of hydrogen-bond acceptors (Lipinski definition) is 3. The van der Waals surface area contributed by atoms with Crippen molar-refractivity contribution < 1.29 is 8.42 Å². The highest BCUT2D eigenvalue weighted by Gasteiger charge is 2.33. The lowest BCUT2D eigenvalue weighted by atomic mass is 10.2. The molecule has 1 saturated carbocycles. The number of hydrogen-bond donors (Lipinski definition) is 2. The quantitative estimate of drug-likeness (QED) is 0.800. The summed E-state index contributed by atoms with van der Waals surface area (Å²) in [6.45, 7) is 0.331. The number of sulfonamides is 1. The maximum atomic E-state index is 12.3. The molecule has 0 heterocycles. The summed E-state index contributed by atoms with van der Waals surface area (Å²) < 4.78 is 28.6. The fourth-order valence-corrected chi connectivity index (χ4v) is 4.85. The molecule has 1 atom stereocenters. The Labute approximate surface area is 124 Å². The first-order valence-corrected chi connectivity index (χ1v) is 8.68. The highest BCUT2D eigenvalue weighted by atomic mass is 79.9. The van der Waals surface area contributed by atoms with Crippen LogP contribution in [0.3, 0.4) is 0 Å². The van der Waals surface area contributed by atoms with Crippen LogP contribution >= 0.6 is 31.9 Å². The lowest BCUT2D eigenvalue weighted by Crippen LogP contribution is -2.41. The highest BCUT2D eigenvalue weighted by Crippen LogP contribution is 2.33. The van der Waals surface area contributed by atoms with Gasteiger partial charge in [0.15, 0.2) is 0 Å². The van der Waals surface area contributed by atoms with Gasteiger partial charge in [-0.3, -0.25) is 0 Å². The van der Waals surface area contributed by atoms with Crippen molar-refractivity contribution in [3.8, 4) is 0 Å². The van der Waals surface area contributed by atoms with Crippen molar-refractivity contribution in [2.75, 3.05) is 6.54 Å². The molecule has 7 heteroatoms. The molecule has 100 valence electrons. The molecule has 4 nitrogen and oxygen atoms in total. The van der Waals surface area contributed by atoms with Gasteiger partial charge in [-0.15, -0.1) is 0 Å². The molecule has 0 aliphatic heterocycles. The molecule has 0 saturated heterocycles. The normalized spacial score (nSPS) is 17.7. The molecule has 0 aromatic heterocycles. The number of nitrogens with one attached hydrogen (secondary N) is 1. The van der Waals surface area contributed by atoms with E-state index in [-0.39, 0.29) is 10.9 Å². The van der Waals surface area contributed by atoms with Gasteiger partial charge in [0.2, 0.25) is 10.0 Å². The first-order chi connectivity index (χ1) is 8.44. The molecule has 0 bridgehead atoms. The summed E-state index contributed by atoms with van der Waals surface area (Å²) in [6, 6.07) is 4.82. The minimum Gasteiger partial charge on any atom is -0.329 e. The largest absolute Gasteiger partial charge is 0.329 e. The van der Waals surface area contributed by atoms with Crippen LogP contribution in [0.4, 0.5) is 0 Å². The third-order valence-corrected chi connectivity index (χ3v) is 5.89. The molecule has 3 N–H and O–H groups in total. The van der Waals surface area contributed by atoms with Crippen molar-refractivity contribution in [1.29, 1.82) is 0 Å². The van der Waals surface area contributed by atoms with E-state index in [0.29, 0.717) is 16.9 Å². The van der Waals surface area contributed by atoms with E-state index in [1.54, 1.807) is 18.2 Å². The summed E-state index contributed by atoms with van der Waals surface area (Å²) in [7, 11) is -3.52. The summed E-state index contributed by atoms with van der Waals surface area (Å²) >= 11 is 6.56. The standard InChI is InChI=1S/C11H14Br2N2O2S/c12-8-3-4-11(9(13)5-8)18(16,17)15-10(6-14)7-1-2-7/h3-5,7,10,15H,1-2,6,14H2. The van der Waals surface area contributed by atoms with Gasteiger partial charge in [-0.1, -0.05) is 15.9 Å². The Morgan fingerprint density at radius 3 is 2.56 bits per heavy atom. The molecule has 1 unspecified atom stereocenters. The van der Waals surface area contributed by atoms with E-state index in [9.17, 15) is 8.42 Å². The van der Waals surface area contributed by atoms with Crippen molar-refractivity contribution in [3.63, 3.8) is 0 Å². The first kappa shape index (κ1) is 14.5. The Morgan fingerprint density at radius 2 is 2.06 bits per heavy atom. The molecule has 0 radical (unpaired) electrons. The number of benzene rings is 1. The van der Waals surface area contributed by atoms with Crippen LogP contribution in [0.2, 0.25) is 0 Å². The molecule has 1 aliphatic rings. The van der Waals surface area contributed by atoms with E-state index in [2.05, 4.69) is 36.6 Å². The van der Waals surface area contributed by atoms with Crippen molar-refractivity contribution in [3.05, 3.63) is 27.1 Å². The average Bonchev–Trinajstić information content (AvgIpc) is 3.09. The number of nitrogens with two attached hydrogens (primary N) is 1. The predicted molar refractivity (Wildman–Crippen MR) is 77.7 cm³/mol. The van der Waals surface area contributed by atoms with Crippen molar-refractivity contribution >= 4 is 41.9 Å². The van der Waals surface area contributed by atoms with Gasteiger partial charge in [-0.25, -0.2) is 13.1 Å². The average molecular weight is 398 g/mol. The van der Waals surface area contributed by atoms with Gasteiger partial charge in [0.05, 0.1) is 4.90 Å². The van der Waals surface area contributed by atoms with Gasteiger partial charge in [0.25, 0.3) is 0 Å². The minimum atomic E-state index is -3.52. The maximum absolute atomic E-state index is 12.3. The molecular formula is C11H14Br2N2O2S. The molecule has 1 aliphatic carbocycles. The Kier molecular flexibility index (Phi) is 4.48. The van der Waals surface area contributed by atoms with E-state index in [0.717, 1.165) is 17.3 Å². The molecule has 1 aromatic carbocycles. The van der Waals surface area contributed by atoms with Gasteiger partial charge in [-0.2, -0.15) is 0 Å². The van der Waals surface area contributed by atoms with Crippen LogP contribution in [0.15, 0.2) is 32.0 Å². The van der Waals surface area contributed by atoms with E-state index < -0.39 is 10.0 Å². The third kappa shape index (κ3) is 3.33. The molecule has 1 fully saturated rings. The molecule has 18 heavy (non-hydrogen) atoms. The summed E-state index contributed by atoms with van der Waals surface area (Å²) in [6.07, 6.45) is 2.10. The maximum Gasteiger partial charge on any atom is 0.241 e. The topological polar surface area (TPSA) is 72.2 Å². The van der Waals surface area contributed by atoms with Crippen LogP contribution in [-0.4, -0.2) is 21.0 Å². The minimum absolute atomic E-state index is 0.162. The van der Waals surface area contributed by atoms with Crippen LogP contribution in [0, 0.1) is 5.92 Å². The van der Waals surface area contributed by atoms with Crippen LogP contribution in [-0.2, 0) is 10.0 Å². The van der Waals surface area contributed by atoms with Crippen molar-refractivity contribution in [1.82, 2.24) is 4.72 Å². The Bertz CT molecular complexity index is 544. The van der Waals surface area contributed by atoms with E-state index >= 15 is 0 Å². The molecule has 1 aromatic rings. The van der Waals surface area contributed by atoms with Crippen LogP contribution in [0.1, 0.15) is 12.8 Å².